The van der Waals surface area contributed by atoms with E-state index in [0.717, 1.165) is 11.3 Å². The maximum Gasteiger partial charge on any atom is 0.345 e. The number of methoxy groups -OCH3 is 1. The van der Waals surface area contributed by atoms with Gasteiger partial charge < -0.3 is 34.0 Å². The Kier molecular flexibility index (Phi) is 15.0. The number of aromatic nitrogens is 2. The molecule has 0 atom stereocenters. The van der Waals surface area contributed by atoms with Crippen molar-refractivity contribution in [3.05, 3.63) is 52.1 Å². The second-order valence-electron chi connectivity index (χ2n) is 7.29. The molecule has 0 radical (unpaired) electrons. The number of benzene rings is 1. The summed E-state index contributed by atoms with van der Waals surface area (Å²) in [6.07, 6.45) is 7.28. The molecule has 1 heterocycles. The van der Waals surface area contributed by atoms with Crippen LogP contribution in [0.2, 0.25) is 0 Å². The molecule has 0 saturated heterocycles. The summed E-state index contributed by atoms with van der Waals surface area (Å²) in [5.74, 6) is 3.22. The van der Waals surface area contributed by atoms with E-state index in [2.05, 4.69) is 21.2 Å². The molecule has 0 saturated carbocycles. The van der Waals surface area contributed by atoms with Crippen LogP contribution in [0.1, 0.15) is 17.5 Å². The Hall–Kier alpha value is -2.88. The van der Waals surface area contributed by atoms with Gasteiger partial charge in [0, 0.05) is 24.7 Å². The second kappa shape index (κ2) is 18.4. The van der Waals surface area contributed by atoms with Gasteiger partial charge in [-0.05, 0) is 17.7 Å². The van der Waals surface area contributed by atoms with E-state index in [0.29, 0.717) is 69.8 Å². The van der Waals surface area contributed by atoms with Crippen LogP contribution in [0.5, 0.6) is 5.75 Å². The summed E-state index contributed by atoms with van der Waals surface area (Å²) in [5.41, 5.74) is 1.16. The highest BCUT2D eigenvalue weighted by Crippen LogP contribution is 2.19. The third-order valence-electron chi connectivity index (χ3n) is 4.60. The van der Waals surface area contributed by atoms with Gasteiger partial charge in [-0.2, -0.15) is 4.98 Å². The summed E-state index contributed by atoms with van der Waals surface area (Å²) in [5, 5.41) is 3.31. The van der Waals surface area contributed by atoms with E-state index in [9.17, 15) is 9.59 Å². The normalized spacial score (nSPS) is 10.7. The van der Waals surface area contributed by atoms with Crippen molar-refractivity contribution in [1.29, 1.82) is 0 Å². The predicted octanol–water partition coefficient (Wildman–Crippen LogP) is 1.78. The van der Waals surface area contributed by atoms with Crippen LogP contribution < -0.4 is 15.7 Å². The first-order valence-electron chi connectivity index (χ1n) is 11.5. The number of nitrogens with zero attached hydrogens (tertiary/aromatic N) is 1. The number of carbonyl (C=O) groups is 1. The highest BCUT2D eigenvalue weighted by atomic mass is 32.2. The van der Waals surface area contributed by atoms with Gasteiger partial charge >= 0.3 is 5.69 Å². The number of aromatic amines is 1. The molecule has 36 heavy (non-hydrogen) atoms. The van der Waals surface area contributed by atoms with Crippen molar-refractivity contribution in [2.24, 2.45) is 0 Å². The highest BCUT2D eigenvalue weighted by Gasteiger charge is 2.10. The molecule has 2 N–H and O–H groups in total. The van der Waals surface area contributed by atoms with Crippen LogP contribution in [0.3, 0.4) is 0 Å². The lowest BCUT2D eigenvalue weighted by Gasteiger charge is -2.10. The molecule has 1 aromatic carbocycles. The van der Waals surface area contributed by atoms with E-state index < -0.39 is 5.69 Å². The predicted molar refractivity (Wildman–Crippen MR) is 136 cm³/mol. The van der Waals surface area contributed by atoms with Crippen LogP contribution in [0.4, 0.5) is 0 Å². The Balaban J connectivity index is 1.60. The molecule has 11 heteroatoms. The number of hydrogen-bond donors (Lipinski definition) is 2. The summed E-state index contributed by atoms with van der Waals surface area (Å²) in [6.45, 7) is 3.82. The Bertz CT molecular complexity index is 992. The van der Waals surface area contributed by atoms with Crippen LogP contribution in [0.25, 0.3) is 0 Å². The third kappa shape index (κ3) is 12.7. The fourth-order valence-corrected chi connectivity index (χ4v) is 3.56. The van der Waals surface area contributed by atoms with Gasteiger partial charge in [-0.25, -0.2) is 4.79 Å². The number of hydrogen-bond acceptors (Lipinski definition) is 9. The number of rotatable bonds is 19. The summed E-state index contributed by atoms with van der Waals surface area (Å²) >= 11 is 1.19. The van der Waals surface area contributed by atoms with E-state index in [1.54, 1.807) is 13.3 Å². The summed E-state index contributed by atoms with van der Waals surface area (Å²) < 4.78 is 26.9. The zero-order chi connectivity index (χ0) is 25.8. The van der Waals surface area contributed by atoms with Crippen LogP contribution in [-0.2, 0) is 36.9 Å². The monoisotopic (exact) mass is 519 g/mol. The second-order valence-corrected chi connectivity index (χ2v) is 8.26. The zero-order valence-electron chi connectivity index (χ0n) is 20.5. The van der Waals surface area contributed by atoms with Crippen LogP contribution in [0.15, 0.2) is 40.3 Å². The lowest BCUT2D eigenvalue weighted by Crippen LogP contribution is -2.25. The molecule has 10 nitrogen and oxygen atoms in total. The van der Waals surface area contributed by atoms with Crippen molar-refractivity contribution >= 4 is 17.7 Å². The van der Waals surface area contributed by atoms with Gasteiger partial charge in [0.25, 0.3) is 0 Å². The van der Waals surface area contributed by atoms with Gasteiger partial charge in [0.1, 0.15) is 10.8 Å². The topological polar surface area (TPSA) is 121 Å². The Morgan fingerprint density at radius 1 is 1.03 bits per heavy atom. The molecule has 1 aromatic heterocycles. The van der Waals surface area contributed by atoms with Gasteiger partial charge in [0.05, 0.1) is 65.7 Å². The first-order valence-corrected chi connectivity index (χ1v) is 12.5. The first kappa shape index (κ1) is 29.4. The van der Waals surface area contributed by atoms with E-state index in [1.165, 1.54) is 11.8 Å². The smallest absolute Gasteiger partial charge is 0.345 e. The number of amides is 1. The third-order valence-corrected chi connectivity index (χ3v) is 5.63. The Labute approximate surface area is 215 Å². The number of H-pyrrole nitrogens is 1. The molecule has 0 aliphatic rings. The van der Waals surface area contributed by atoms with E-state index >= 15 is 0 Å². The molecule has 0 fully saturated rings. The standard InChI is InChI=1S/C25H33N3O7S/c1-3-4-9-32-10-11-33-12-13-34-14-15-35-18-21-17-27-25(30)28-24(21)36-19-23(29)26-16-20-5-7-22(31-2)8-6-20/h1,5-8,17H,4,9-16,18-19H2,2H3,(H,26,29)(H,27,28,30). The van der Waals surface area contributed by atoms with Crippen LogP contribution >= 0.6 is 11.8 Å². The first-order chi connectivity index (χ1) is 17.6. The molecule has 2 rings (SSSR count). The number of terminal acetylenes is 1. The number of nitrogens with one attached hydrogen (secondary N) is 2. The maximum atomic E-state index is 12.3. The zero-order valence-corrected chi connectivity index (χ0v) is 21.3. The summed E-state index contributed by atoms with van der Waals surface area (Å²) in [6, 6.07) is 7.44. The van der Waals surface area contributed by atoms with Gasteiger partial charge in [-0.1, -0.05) is 23.9 Å². The largest absolute Gasteiger partial charge is 0.497 e. The Morgan fingerprint density at radius 2 is 1.67 bits per heavy atom. The molecule has 0 bridgehead atoms. The van der Waals surface area contributed by atoms with Crippen LogP contribution in [0, 0.1) is 12.3 Å². The van der Waals surface area contributed by atoms with E-state index in [1.807, 2.05) is 24.3 Å². The van der Waals surface area contributed by atoms with Gasteiger partial charge in [-0.3, -0.25) is 4.79 Å². The lowest BCUT2D eigenvalue weighted by atomic mass is 10.2. The maximum absolute atomic E-state index is 12.3. The van der Waals surface area contributed by atoms with Crippen molar-refractivity contribution in [2.75, 3.05) is 59.1 Å². The minimum Gasteiger partial charge on any atom is -0.497 e. The summed E-state index contributed by atoms with van der Waals surface area (Å²) in [4.78, 5) is 30.4. The average molecular weight is 520 g/mol. The van der Waals surface area contributed by atoms with E-state index in [4.69, 9.17) is 30.1 Å². The van der Waals surface area contributed by atoms with Crippen molar-refractivity contribution in [2.45, 2.75) is 24.6 Å². The van der Waals surface area contributed by atoms with Gasteiger partial charge in [0.2, 0.25) is 5.91 Å². The number of ether oxygens (including phenoxy) is 5. The average Bonchev–Trinajstić information content (AvgIpc) is 2.90. The Morgan fingerprint density at radius 3 is 2.31 bits per heavy atom. The SMILES string of the molecule is C#CCCOCCOCCOCCOCc1c[nH]c(=O)nc1SCC(=O)NCc1ccc(OC)cc1. The fraction of sp³-hybridized carbons (Fsp3) is 0.480. The number of thioether (sulfide) groups is 1. The minimum atomic E-state index is -0.482. The highest BCUT2D eigenvalue weighted by molar-refractivity contribution is 7.99. The van der Waals surface area contributed by atoms with Crippen molar-refractivity contribution in [1.82, 2.24) is 15.3 Å². The molecule has 0 spiro atoms. The minimum absolute atomic E-state index is 0.123. The van der Waals surface area contributed by atoms with Crippen molar-refractivity contribution in [3.8, 4) is 18.1 Å². The summed E-state index contributed by atoms with van der Waals surface area (Å²) in [7, 11) is 1.60. The van der Waals surface area contributed by atoms with Crippen molar-refractivity contribution < 1.29 is 28.5 Å². The van der Waals surface area contributed by atoms with Gasteiger partial charge in [-0.15, -0.1) is 12.3 Å². The number of carbonyl (C=O) groups excluding carboxylic acids is 1. The molecule has 2 aromatic rings. The molecular weight excluding hydrogens is 486 g/mol. The van der Waals surface area contributed by atoms with Gasteiger partial charge in [0.15, 0.2) is 0 Å². The molecule has 196 valence electrons. The quantitative estimate of drug-likeness (QED) is 0.124. The van der Waals surface area contributed by atoms with Crippen molar-refractivity contribution in [3.63, 3.8) is 0 Å². The molecule has 0 aliphatic carbocycles. The van der Waals surface area contributed by atoms with E-state index in [-0.39, 0.29) is 18.3 Å². The molecule has 0 aliphatic heterocycles. The lowest BCUT2D eigenvalue weighted by molar-refractivity contribution is -0.118. The fourth-order valence-electron chi connectivity index (χ4n) is 2.74. The molecule has 1 amide bonds. The molecule has 0 unspecified atom stereocenters. The molecular formula is C25H33N3O7S. The van der Waals surface area contributed by atoms with Crippen LogP contribution in [-0.4, -0.2) is 75.0 Å².